The molecule has 1 heterocycles. The maximum atomic E-state index is 13.5. The maximum Gasteiger partial charge on any atom is 0.408 e. The van der Waals surface area contributed by atoms with Crippen molar-refractivity contribution in [2.45, 2.75) is 78.6 Å². The Morgan fingerprint density at radius 2 is 1.74 bits per heavy atom. The number of carboxylic acid groups (broad SMARTS) is 1. The second kappa shape index (κ2) is 8.81. The molecule has 2 amide bonds. The minimum atomic E-state index is -1.05. The number of fused-ring (bicyclic) bond motifs is 1. The molecule has 31 heavy (non-hydrogen) atoms. The molecule has 0 unspecified atom stereocenters. The van der Waals surface area contributed by atoms with Crippen LogP contribution in [-0.4, -0.2) is 57.6 Å². The molecule has 172 valence electrons. The van der Waals surface area contributed by atoms with Crippen molar-refractivity contribution in [1.29, 1.82) is 0 Å². The summed E-state index contributed by atoms with van der Waals surface area (Å²) in [6.45, 7) is 14.3. The van der Waals surface area contributed by atoms with Crippen molar-refractivity contribution < 1.29 is 14.7 Å². The molecule has 1 aliphatic heterocycles. The summed E-state index contributed by atoms with van der Waals surface area (Å²) in [4.78, 5) is 29.4. The Labute approximate surface area is 187 Å². The molecule has 3 rings (SSSR count). The number of rotatable bonds is 5. The average molecular weight is 430 g/mol. The molecule has 0 bridgehead atoms. The first-order valence-electron chi connectivity index (χ1n) is 11.5. The Morgan fingerprint density at radius 3 is 2.29 bits per heavy atom. The molecule has 0 aromatic heterocycles. The van der Waals surface area contributed by atoms with Crippen LogP contribution < -0.4 is 5.32 Å². The number of carbonyl (C=O) groups excluding carboxylic acids is 1. The van der Waals surface area contributed by atoms with E-state index >= 15 is 0 Å². The first-order valence-corrected chi connectivity index (χ1v) is 11.5. The van der Waals surface area contributed by atoms with Gasteiger partial charge < -0.3 is 10.4 Å². The Hall–Kier alpha value is -2.08. The summed E-state index contributed by atoms with van der Waals surface area (Å²) in [5, 5.41) is 13.2. The number of nitrogens with zero attached hydrogens (tertiary/aromatic N) is 2. The minimum Gasteiger partial charge on any atom is -0.465 e. The van der Waals surface area contributed by atoms with Gasteiger partial charge in [0.15, 0.2) is 0 Å². The van der Waals surface area contributed by atoms with E-state index in [0.717, 1.165) is 32.5 Å². The van der Waals surface area contributed by atoms with Gasteiger partial charge in [0.1, 0.15) is 6.04 Å². The van der Waals surface area contributed by atoms with Crippen molar-refractivity contribution in [1.82, 2.24) is 15.1 Å². The molecule has 1 saturated heterocycles. The van der Waals surface area contributed by atoms with Gasteiger partial charge in [-0.15, -0.1) is 0 Å². The number of nitrogens with one attached hydrogen (secondary N) is 1. The zero-order valence-corrected chi connectivity index (χ0v) is 19.9. The van der Waals surface area contributed by atoms with E-state index in [-0.39, 0.29) is 11.9 Å². The van der Waals surface area contributed by atoms with Gasteiger partial charge in [0.05, 0.1) is 0 Å². The quantitative estimate of drug-likeness (QED) is 0.736. The summed E-state index contributed by atoms with van der Waals surface area (Å²) < 4.78 is 0. The van der Waals surface area contributed by atoms with Gasteiger partial charge in [-0.05, 0) is 56.4 Å². The standard InChI is InChI=1S/C25H39N3O3/c1-24(2,3)21(28(23(30)31)25(4,5)6)22(29)26-20-13-12-18-15-27(16-19(18)20)14-17-10-8-7-9-11-17/h7-11,18-21H,12-16H2,1-6H3,(H,26,29)(H,30,31)/t18-,19+,20+,21+/m0/s1. The van der Waals surface area contributed by atoms with Gasteiger partial charge in [-0.3, -0.25) is 14.6 Å². The SMILES string of the molecule is CC(C)(C)[C@@H](C(=O)N[C@@H]1CC[C@H]2CN(Cc3ccccc3)C[C@H]21)N(C(=O)O)C(C)(C)C. The summed E-state index contributed by atoms with van der Waals surface area (Å²) in [6.07, 6.45) is 1.03. The van der Waals surface area contributed by atoms with Crippen LogP contribution in [-0.2, 0) is 11.3 Å². The largest absolute Gasteiger partial charge is 0.465 e. The van der Waals surface area contributed by atoms with Gasteiger partial charge in [0.2, 0.25) is 5.91 Å². The highest BCUT2D eigenvalue weighted by atomic mass is 16.4. The van der Waals surface area contributed by atoms with E-state index in [4.69, 9.17) is 0 Å². The second-order valence-electron chi connectivity index (χ2n) is 11.4. The topological polar surface area (TPSA) is 72.9 Å². The van der Waals surface area contributed by atoms with Crippen molar-refractivity contribution in [3.05, 3.63) is 35.9 Å². The molecule has 2 N–H and O–H groups in total. The molecule has 1 saturated carbocycles. The van der Waals surface area contributed by atoms with E-state index in [1.165, 1.54) is 10.5 Å². The van der Waals surface area contributed by atoms with Crippen LogP contribution in [0.2, 0.25) is 0 Å². The molecule has 6 nitrogen and oxygen atoms in total. The van der Waals surface area contributed by atoms with E-state index in [9.17, 15) is 14.7 Å². The van der Waals surface area contributed by atoms with Crippen LogP contribution in [0.15, 0.2) is 30.3 Å². The zero-order chi connectivity index (χ0) is 23.0. The Bertz CT molecular complexity index is 781. The highest BCUT2D eigenvalue weighted by Crippen LogP contribution is 2.39. The fourth-order valence-corrected chi connectivity index (χ4v) is 5.45. The fraction of sp³-hybridized carbons (Fsp3) is 0.680. The summed E-state index contributed by atoms with van der Waals surface area (Å²) in [5.41, 5.74) is 0.139. The molecule has 1 aromatic carbocycles. The predicted octanol–water partition coefficient (Wildman–Crippen LogP) is 4.21. The van der Waals surface area contributed by atoms with Gasteiger partial charge >= 0.3 is 6.09 Å². The van der Waals surface area contributed by atoms with Crippen molar-refractivity contribution in [3.8, 4) is 0 Å². The first kappa shape index (κ1) is 23.6. The van der Waals surface area contributed by atoms with Crippen LogP contribution in [0.1, 0.15) is 59.9 Å². The minimum absolute atomic E-state index is 0.110. The highest BCUT2D eigenvalue weighted by molar-refractivity contribution is 5.86. The number of benzene rings is 1. The van der Waals surface area contributed by atoms with Crippen molar-refractivity contribution in [3.63, 3.8) is 0 Å². The smallest absolute Gasteiger partial charge is 0.408 e. The summed E-state index contributed by atoms with van der Waals surface area (Å²) >= 11 is 0. The lowest BCUT2D eigenvalue weighted by molar-refractivity contribution is -0.133. The third-order valence-corrected chi connectivity index (χ3v) is 6.76. The number of amides is 2. The van der Waals surface area contributed by atoms with E-state index in [1.54, 1.807) is 0 Å². The highest BCUT2D eigenvalue weighted by Gasteiger charge is 2.47. The average Bonchev–Trinajstić information content (AvgIpc) is 3.19. The Balaban J connectivity index is 1.70. The zero-order valence-electron chi connectivity index (χ0n) is 19.9. The van der Waals surface area contributed by atoms with Crippen LogP contribution in [0, 0.1) is 17.3 Å². The van der Waals surface area contributed by atoms with Crippen LogP contribution in [0.25, 0.3) is 0 Å². The molecule has 0 spiro atoms. The molecule has 4 atom stereocenters. The third-order valence-electron chi connectivity index (χ3n) is 6.76. The molecule has 1 aromatic rings. The van der Waals surface area contributed by atoms with E-state index in [0.29, 0.717) is 11.8 Å². The van der Waals surface area contributed by atoms with Crippen LogP contribution in [0.3, 0.4) is 0 Å². The fourth-order valence-electron chi connectivity index (χ4n) is 5.45. The van der Waals surface area contributed by atoms with E-state index in [1.807, 2.05) is 47.6 Å². The normalized spacial score (nSPS) is 25.2. The van der Waals surface area contributed by atoms with E-state index in [2.05, 4.69) is 34.5 Å². The van der Waals surface area contributed by atoms with Gasteiger partial charge in [0.25, 0.3) is 0 Å². The summed E-state index contributed by atoms with van der Waals surface area (Å²) in [6, 6.07) is 9.88. The summed E-state index contributed by atoms with van der Waals surface area (Å²) in [7, 11) is 0. The number of carbonyl (C=O) groups is 2. The third kappa shape index (κ3) is 5.40. The van der Waals surface area contributed by atoms with Gasteiger partial charge in [-0.25, -0.2) is 4.79 Å². The molecule has 1 aliphatic carbocycles. The predicted molar refractivity (Wildman–Crippen MR) is 123 cm³/mol. The molecular formula is C25H39N3O3. The van der Waals surface area contributed by atoms with Crippen molar-refractivity contribution in [2.75, 3.05) is 13.1 Å². The second-order valence-corrected chi connectivity index (χ2v) is 11.4. The number of hydrogen-bond donors (Lipinski definition) is 2. The van der Waals surface area contributed by atoms with Crippen LogP contribution in [0.4, 0.5) is 4.79 Å². The van der Waals surface area contributed by atoms with Crippen LogP contribution in [0.5, 0.6) is 0 Å². The molecule has 2 fully saturated rings. The van der Waals surface area contributed by atoms with Crippen molar-refractivity contribution >= 4 is 12.0 Å². The molecule has 2 aliphatic rings. The number of hydrogen-bond acceptors (Lipinski definition) is 3. The van der Waals surface area contributed by atoms with Crippen LogP contribution >= 0.6 is 0 Å². The molecule has 0 radical (unpaired) electrons. The first-order chi connectivity index (χ1) is 14.4. The lowest BCUT2D eigenvalue weighted by atomic mass is 9.82. The molecule has 6 heteroatoms. The van der Waals surface area contributed by atoms with Gasteiger partial charge in [0, 0.05) is 31.2 Å². The Kier molecular flexibility index (Phi) is 6.70. The lowest BCUT2D eigenvalue weighted by Crippen LogP contribution is -2.62. The van der Waals surface area contributed by atoms with Gasteiger partial charge in [-0.1, -0.05) is 51.1 Å². The Morgan fingerprint density at radius 1 is 1.10 bits per heavy atom. The van der Waals surface area contributed by atoms with Crippen molar-refractivity contribution in [2.24, 2.45) is 17.3 Å². The van der Waals surface area contributed by atoms with Gasteiger partial charge in [-0.2, -0.15) is 0 Å². The summed E-state index contributed by atoms with van der Waals surface area (Å²) in [5.74, 6) is 0.860. The maximum absolute atomic E-state index is 13.5. The monoisotopic (exact) mass is 429 g/mol. The lowest BCUT2D eigenvalue weighted by Gasteiger charge is -2.44. The van der Waals surface area contributed by atoms with E-state index < -0.39 is 23.1 Å². The molecular weight excluding hydrogens is 390 g/mol. The number of likely N-dealkylation sites (tertiary alicyclic amines) is 1.